The van der Waals surface area contributed by atoms with E-state index >= 15 is 0 Å². The SMILES string of the molecule is CCCC1CCC(c2nc(C(=O)OC)cs2)CC1. The summed E-state index contributed by atoms with van der Waals surface area (Å²) in [6, 6.07) is 0. The van der Waals surface area contributed by atoms with Crippen LogP contribution in [0.2, 0.25) is 0 Å². The molecule has 0 aliphatic heterocycles. The van der Waals surface area contributed by atoms with Crippen molar-refractivity contribution in [1.82, 2.24) is 4.98 Å². The van der Waals surface area contributed by atoms with Gasteiger partial charge in [-0.25, -0.2) is 9.78 Å². The van der Waals surface area contributed by atoms with Gasteiger partial charge in [0.25, 0.3) is 0 Å². The topological polar surface area (TPSA) is 39.2 Å². The molecule has 0 saturated heterocycles. The molecule has 1 aromatic heterocycles. The van der Waals surface area contributed by atoms with Crippen molar-refractivity contribution in [1.29, 1.82) is 0 Å². The normalized spacial score (nSPS) is 23.9. The van der Waals surface area contributed by atoms with Crippen LogP contribution in [-0.2, 0) is 4.74 Å². The van der Waals surface area contributed by atoms with E-state index < -0.39 is 0 Å². The Kier molecular flexibility index (Phi) is 4.75. The highest BCUT2D eigenvalue weighted by molar-refractivity contribution is 7.09. The van der Waals surface area contributed by atoms with E-state index in [1.807, 2.05) is 5.38 Å². The molecular weight excluding hydrogens is 246 g/mol. The van der Waals surface area contributed by atoms with Gasteiger partial charge in [-0.15, -0.1) is 11.3 Å². The van der Waals surface area contributed by atoms with Crippen LogP contribution in [0.25, 0.3) is 0 Å². The quantitative estimate of drug-likeness (QED) is 0.774. The molecule has 1 aromatic rings. The van der Waals surface area contributed by atoms with E-state index in [2.05, 4.69) is 11.9 Å². The van der Waals surface area contributed by atoms with E-state index in [1.54, 1.807) is 11.3 Å². The first-order chi connectivity index (χ1) is 8.74. The van der Waals surface area contributed by atoms with Gasteiger partial charge in [-0.1, -0.05) is 19.8 Å². The molecular formula is C14H21NO2S. The Morgan fingerprint density at radius 1 is 1.44 bits per heavy atom. The van der Waals surface area contributed by atoms with Gasteiger partial charge < -0.3 is 4.74 Å². The number of methoxy groups -OCH3 is 1. The lowest BCUT2D eigenvalue weighted by molar-refractivity contribution is 0.0594. The fraction of sp³-hybridized carbons (Fsp3) is 0.714. The predicted octanol–water partition coefficient (Wildman–Crippen LogP) is 4.00. The molecule has 1 heterocycles. The average molecular weight is 267 g/mol. The molecule has 100 valence electrons. The van der Waals surface area contributed by atoms with Gasteiger partial charge in [0.1, 0.15) is 0 Å². The zero-order valence-electron chi connectivity index (χ0n) is 11.1. The summed E-state index contributed by atoms with van der Waals surface area (Å²) in [6.45, 7) is 2.26. The maximum absolute atomic E-state index is 11.4. The van der Waals surface area contributed by atoms with E-state index in [9.17, 15) is 4.79 Å². The molecule has 1 aliphatic carbocycles. The van der Waals surface area contributed by atoms with Gasteiger partial charge in [-0.2, -0.15) is 0 Å². The van der Waals surface area contributed by atoms with Crippen molar-refractivity contribution in [3.05, 3.63) is 16.1 Å². The van der Waals surface area contributed by atoms with Gasteiger partial charge in [0.05, 0.1) is 12.1 Å². The molecule has 0 amide bonds. The van der Waals surface area contributed by atoms with E-state index in [0.717, 1.165) is 10.9 Å². The Bertz CT molecular complexity index is 394. The molecule has 18 heavy (non-hydrogen) atoms. The Hall–Kier alpha value is -0.900. The number of esters is 1. The molecule has 2 rings (SSSR count). The molecule has 0 N–H and O–H groups in total. The molecule has 1 aliphatic rings. The standard InChI is InChI=1S/C14H21NO2S/c1-3-4-10-5-7-11(8-6-10)13-15-12(9-18-13)14(16)17-2/h9-11H,3-8H2,1-2H3. The van der Waals surface area contributed by atoms with Crippen LogP contribution in [0, 0.1) is 5.92 Å². The minimum absolute atomic E-state index is 0.322. The first-order valence-electron chi connectivity index (χ1n) is 6.78. The summed E-state index contributed by atoms with van der Waals surface area (Å²) in [4.78, 5) is 15.8. The summed E-state index contributed by atoms with van der Waals surface area (Å²) in [5, 5.41) is 2.93. The maximum Gasteiger partial charge on any atom is 0.357 e. The number of carbonyl (C=O) groups excluding carboxylic acids is 1. The molecule has 3 nitrogen and oxygen atoms in total. The zero-order chi connectivity index (χ0) is 13.0. The van der Waals surface area contributed by atoms with E-state index in [0.29, 0.717) is 11.6 Å². The number of nitrogens with zero attached hydrogens (tertiary/aromatic N) is 1. The maximum atomic E-state index is 11.4. The summed E-state index contributed by atoms with van der Waals surface area (Å²) in [5.74, 6) is 1.14. The largest absolute Gasteiger partial charge is 0.464 e. The van der Waals surface area contributed by atoms with Crippen molar-refractivity contribution in [2.24, 2.45) is 5.92 Å². The van der Waals surface area contributed by atoms with Crippen LogP contribution >= 0.6 is 11.3 Å². The molecule has 4 heteroatoms. The first kappa shape index (κ1) is 13.5. The van der Waals surface area contributed by atoms with E-state index in [1.165, 1.54) is 45.6 Å². The summed E-state index contributed by atoms with van der Waals surface area (Å²) in [7, 11) is 1.40. The smallest absolute Gasteiger partial charge is 0.357 e. The van der Waals surface area contributed by atoms with E-state index in [4.69, 9.17) is 4.74 Å². The van der Waals surface area contributed by atoms with Gasteiger partial charge in [0.15, 0.2) is 5.69 Å². The molecule has 0 unspecified atom stereocenters. The highest BCUT2D eigenvalue weighted by Crippen LogP contribution is 2.38. The summed E-state index contributed by atoms with van der Waals surface area (Å²) in [6.07, 6.45) is 7.71. The Morgan fingerprint density at radius 3 is 2.78 bits per heavy atom. The van der Waals surface area contributed by atoms with Crippen molar-refractivity contribution in [2.45, 2.75) is 51.4 Å². The van der Waals surface area contributed by atoms with Crippen molar-refractivity contribution < 1.29 is 9.53 Å². The summed E-state index contributed by atoms with van der Waals surface area (Å²) in [5.41, 5.74) is 0.466. The number of hydrogen-bond acceptors (Lipinski definition) is 4. The van der Waals surface area contributed by atoms with Crippen molar-refractivity contribution in [2.75, 3.05) is 7.11 Å². The van der Waals surface area contributed by atoms with Gasteiger partial charge in [-0.3, -0.25) is 0 Å². The highest BCUT2D eigenvalue weighted by atomic mass is 32.1. The van der Waals surface area contributed by atoms with Crippen molar-refractivity contribution in [3.63, 3.8) is 0 Å². The minimum Gasteiger partial charge on any atom is -0.464 e. The predicted molar refractivity (Wildman–Crippen MR) is 73.1 cm³/mol. The molecule has 0 bridgehead atoms. The fourth-order valence-corrected chi connectivity index (χ4v) is 3.74. The van der Waals surface area contributed by atoms with Crippen molar-refractivity contribution >= 4 is 17.3 Å². The number of ether oxygens (including phenoxy) is 1. The van der Waals surface area contributed by atoms with Crippen LogP contribution < -0.4 is 0 Å². The Morgan fingerprint density at radius 2 is 2.17 bits per heavy atom. The highest BCUT2D eigenvalue weighted by Gasteiger charge is 2.24. The zero-order valence-corrected chi connectivity index (χ0v) is 12.0. The average Bonchev–Trinajstić information content (AvgIpc) is 2.89. The van der Waals surface area contributed by atoms with Crippen molar-refractivity contribution in [3.8, 4) is 0 Å². The Balaban J connectivity index is 1.93. The van der Waals surface area contributed by atoms with Crippen LogP contribution in [-0.4, -0.2) is 18.1 Å². The van der Waals surface area contributed by atoms with Gasteiger partial charge >= 0.3 is 5.97 Å². The number of hydrogen-bond donors (Lipinski definition) is 0. The van der Waals surface area contributed by atoms with Gasteiger partial charge in [-0.05, 0) is 31.6 Å². The van der Waals surface area contributed by atoms with Crippen LogP contribution in [0.15, 0.2) is 5.38 Å². The summed E-state index contributed by atoms with van der Waals surface area (Å²) >= 11 is 1.60. The van der Waals surface area contributed by atoms with E-state index in [-0.39, 0.29) is 5.97 Å². The van der Waals surface area contributed by atoms with Gasteiger partial charge in [0, 0.05) is 11.3 Å². The third-order valence-corrected chi connectivity index (χ3v) is 4.82. The molecule has 1 fully saturated rings. The Labute approximate surface area is 113 Å². The van der Waals surface area contributed by atoms with Gasteiger partial charge in [0.2, 0.25) is 0 Å². The van der Waals surface area contributed by atoms with Crippen LogP contribution in [0.3, 0.4) is 0 Å². The minimum atomic E-state index is -0.322. The number of thiazole rings is 1. The molecule has 0 atom stereocenters. The third kappa shape index (κ3) is 3.10. The summed E-state index contributed by atoms with van der Waals surface area (Å²) < 4.78 is 4.69. The lowest BCUT2D eigenvalue weighted by Crippen LogP contribution is -2.13. The monoisotopic (exact) mass is 267 g/mol. The number of carbonyl (C=O) groups is 1. The second-order valence-corrected chi connectivity index (χ2v) is 5.96. The number of rotatable bonds is 4. The third-order valence-electron chi connectivity index (χ3n) is 3.81. The van der Waals surface area contributed by atoms with Crippen LogP contribution in [0.1, 0.15) is 66.9 Å². The fourth-order valence-electron chi connectivity index (χ4n) is 2.78. The van der Waals surface area contributed by atoms with Crippen LogP contribution in [0.4, 0.5) is 0 Å². The lowest BCUT2D eigenvalue weighted by Gasteiger charge is -2.26. The molecule has 0 aromatic carbocycles. The second kappa shape index (κ2) is 6.32. The van der Waals surface area contributed by atoms with Crippen LogP contribution in [0.5, 0.6) is 0 Å². The first-order valence-corrected chi connectivity index (χ1v) is 7.66. The second-order valence-electron chi connectivity index (χ2n) is 5.07. The molecule has 0 radical (unpaired) electrons. The molecule has 1 saturated carbocycles. The number of aromatic nitrogens is 1. The molecule has 0 spiro atoms. The lowest BCUT2D eigenvalue weighted by atomic mass is 9.80.